The van der Waals surface area contributed by atoms with E-state index in [1.54, 1.807) is 11.1 Å². The molecule has 0 radical (unpaired) electrons. The van der Waals surface area contributed by atoms with Gasteiger partial charge in [0.1, 0.15) is 0 Å². The quantitative estimate of drug-likeness (QED) is 0.386. The molecule has 3 atom stereocenters. The second-order valence-corrected chi connectivity index (χ2v) is 11.0. The summed E-state index contributed by atoms with van der Waals surface area (Å²) >= 11 is 4.67. The molecule has 0 amide bonds. The Balaban J connectivity index is 0.000000266. The van der Waals surface area contributed by atoms with Crippen molar-refractivity contribution < 1.29 is 0 Å². The Kier molecular flexibility index (Phi) is 10.5. The fourth-order valence-electron chi connectivity index (χ4n) is 5.76. The van der Waals surface area contributed by atoms with Crippen LogP contribution in [0, 0.1) is 5.92 Å². The van der Waals surface area contributed by atoms with Crippen molar-refractivity contribution in [3.63, 3.8) is 0 Å². The highest BCUT2D eigenvalue weighted by molar-refractivity contribution is 7.81. The molecule has 1 aliphatic heterocycles. The van der Waals surface area contributed by atoms with Gasteiger partial charge in [0, 0.05) is 35.4 Å². The molecular weight excluding hydrogens is 436 g/mol. The van der Waals surface area contributed by atoms with Gasteiger partial charge in [-0.25, -0.2) is 0 Å². The lowest BCUT2D eigenvalue weighted by Crippen LogP contribution is -2.46. The number of likely N-dealkylation sites (tertiary alicyclic amines) is 1. The molecule has 3 unspecified atom stereocenters. The summed E-state index contributed by atoms with van der Waals surface area (Å²) in [5.74, 6) is 0.602. The van der Waals surface area contributed by atoms with Crippen LogP contribution in [0.25, 0.3) is 0 Å². The number of thiol groups is 1. The van der Waals surface area contributed by atoms with Crippen LogP contribution in [0.15, 0.2) is 61.1 Å². The number of nitrogens with one attached hydrogen (secondary N) is 2. The van der Waals surface area contributed by atoms with E-state index in [1.807, 2.05) is 7.05 Å². The van der Waals surface area contributed by atoms with Gasteiger partial charge in [-0.3, -0.25) is 0 Å². The van der Waals surface area contributed by atoms with E-state index in [0.717, 1.165) is 30.9 Å². The number of hydrogen-bond donors (Lipinski definition) is 4. The normalized spacial score (nSPS) is 23.3. The molecule has 0 bridgehead atoms. The van der Waals surface area contributed by atoms with Gasteiger partial charge in [-0.15, -0.1) is 0 Å². The lowest BCUT2D eigenvalue weighted by molar-refractivity contribution is 0.244. The Morgan fingerprint density at radius 1 is 1.06 bits per heavy atom. The van der Waals surface area contributed by atoms with E-state index in [1.165, 1.54) is 57.8 Å². The van der Waals surface area contributed by atoms with Gasteiger partial charge in [0.2, 0.25) is 0 Å². The minimum Gasteiger partial charge on any atom is -0.401 e. The van der Waals surface area contributed by atoms with Crippen molar-refractivity contribution in [1.82, 2.24) is 15.5 Å². The van der Waals surface area contributed by atoms with E-state index in [-0.39, 0.29) is 12.1 Å². The Morgan fingerprint density at radius 3 is 2.24 bits per heavy atom. The van der Waals surface area contributed by atoms with Crippen molar-refractivity contribution in [1.29, 1.82) is 0 Å². The molecular formula is C29H46N4S. The van der Waals surface area contributed by atoms with E-state index in [9.17, 15) is 0 Å². The fourth-order valence-corrected chi connectivity index (χ4v) is 6.14. The van der Waals surface area contributed by atoms with Crippen molar-refractivity contribution in [2.45, 2.75) is 81.5 Å². The maximum atomic E-state index is 6.06. The van der Waals surface area contributed by atoms with E-state index in [2.05, 4.69) is 72.2 Å². The first-order valence-corrected chi connectivity index (χ1v) is 13.7. The summed E-state index contributed by atoms with van der Waals surface area (Å²) < 4.78 is 0. The standard InChI is InChI=1S/C19H34N4S.C10H12/c1-13(11-21-4)22-19(16-8-6-5-7-9-16)15(3)23-12-17(24)10-18(23)14(2)20;1-2-6-10-8-4-3-7-9(10)5-1/h16-19,21-22,24H,1-3,5-12,20H2,4H3;1-2,5-6H,3-4,7-8H2. The topological polar surface area (TPSA) is 53.3 Å². The van der Waals surface area contributed by atoms with Gasteiger partial charge in [-0.1, -0.05) is 63.3 Å². The van der Waals surface area contributed by atoms with Gasteiger partial charge in [-0.05, 0) is 69.0 Å². The lowest BCUT2D eigenvalue weighted by atomic mass is 9.82. The van der Waals surface area contributed by atoms with Crippen molar-refractivity contribution in [3.05, 3.63) is 72.2 Å². The first kappa shape index (κ1) is 26.7. The van der Waals surface area contributed by atoms with E-state index in [0.29, 0.717) is 16.9 Å². The lowest BCUT2D eigenvalue weighted by Gasteiger charge is -2.39. The maximum absolute atomic E-state index is 6.06. The highest BCUT2D eigenvalue weighted by Crippen LogP contribution is 2.35. The molecule has 4 rings (SSSR count). The minimum atomic E-state index is 0.144. The number of rotatable bonds is 8. The van der Waals surface area contributed by atoms with Crippen LogP contribution in [-0.2, 0) is 12.8 Å². The van der Waals surface area contributed by atoms with Crippen LogP contribution in [0.1, 0.15) is 62.5 Å². The third kappa shape index (κ3) is 7.32. The van der Waals surface area contributed by atoms with Crippen LogP contribution in [-0.4, -0.2) is 42.4 Å². The van der Waals surface area contributed by atoms with Crippen molar-refractivity contribution in [2.24, 2.45) is 11.7 Å². The second-order valence-electron chi connectivity index (χ2n) is 10.3. The summed E-state index contributed by atoms with van der Waals surface area (Å²) in [5.41, 5.74) is 12.1. The molecule has 34 heavy (non-hydrogen) atoms. The van der Waals surface area contributed by atoms with Crippen LogP contribution in [0.3, 0.4) is 0 Å². The molecule has 3 aliphatic rings. The van der Waals surface area contributed by atoms with Gasteiger partial charge >= 0.3 is 0 Å². The molecule has 5 heteroatoms. The number of nitrogens with zero attached hydrogens (tertiary/aromatic N) is 1. The number of hydrogen-bond acceptors (Lipinski definition) is 5. The van der Waals surface area contributed by atoms with E-state index in [4.69, 9.17) is 5.73 Å². The fraction of sp³-hybridized carbons (Fsp3) is 0.586. The zero-order chi connectivity index (χ0) is 24.5. The molecule has 188 valence electrons. The average molecular weight is 483 g/mol. The zero-order valence-corrected chi connectivity index (χ0v) is 22.1. The summed E-state index contributed by atoms with van der Waals surface area (Å²) in [6.07, 6.45) is 12.8. The van der Waals surface area contributed by atoms with Crippen LogP contribution < -0.4 is 16.4 Å². The van der Waals surface area contributed by atoms with Gasteiger partial charge in [0.25, 0.3) is 0 Å². The first-order valence-electron chi connectivity index (χ1n) is 13.1. The number of aryl methyl sites for hydroxylation is 2. The first-order chi connectivity index (χ1) is 16.4. The van der Waals surface area contributed by atoms with Crippen LogP contribution in [0.4, 0.5) is 0 Å². The molecule has 1 aromatic rings. The predicted molar refractivity (Wildman–Crippen MR) is 150 cm³/mol. The molecule has 1 heterocycles. The Hall–Kier alpha value is -1.85. The highest BCUT2D eigenvalue weighted by atomic mass is 32.1. The van der Waals surface area contributed by atoms with Crippen LogP contribution in [0.2, 0.25) is 0 Å². The molecule has 1 saturated carbocycles. The van der Waals surface area contributed by atoms with Gasteiger partial charge < -0.3 is 21.3 Å². The zero-order valence-electron chi connectivity index (χ0n) is 21.2. The third-order valence-electron chi connectivity index (χ3n) is 7.57. The third-order valence-corrected chi connectivity index (χ3v) is 7.94. The van der Waals surface area contributed by atoms with Crippen molar-refractivity contribution in [3.8, 4) is 0 Å². The molecule has 1 aromatic carbocycles. The molecule has 2 aliphatic carbocycles. The van der Waals surface area contributed by atoms with Crippen LogP contribution in [0.5, 0.6) is 0 Å². The number of nitrogens with two attached hydrogens (primary N) is 1. The largest absolute Gasteiger partial charge is 0.401 e. The summed E-state index contributed by atoms with van der Waals surface area (Å²) in [6.45, 7) is 14.3. The second kappa shape index (κ2) is 13.3. The van der Waals surface area contributed by atoms with Crippen LogP contribution >= 0.6 is 12.6 Å². The number of benzene rings is 1. The Labute approximate surface area is 213 Å². The Morgan fingerprint density at radius 2 is 1.68 bits per heavy atom. The maximum Gasteiger partial charge on any atom is 0.0689 e. The minimum absolute atomic E-state index is 0.144. The molecule has 4 nitrogen and oxygen atoms in total. The summed E-state index contributed by atoms with van der Waals surface area (Å²) in [4.78, 5) is 2.32. The SMILES string of the molecule is C=C(CNC)NC(C(=C)N1CC(S)CC1C(=C)N)C1CCCCC1.c1ccc2c(c1)CCCC2. The van der Waals surface area contributed by atoms with Crippen molar-refractivity contribution in [2.75, 3.05) is 20.1 Å². The monoisotopic (exact) mass is 482 g/mol. The highest BCUT2D eigenvalue weighted by Gasteiger charge is 2.36. The summed E-state index contributed by atoms with van der Waals surface area (Å²) in [5, 5.41) is 7.13. The van der Waals surface area contributed by atoms with Gasteiger partial charge in [-0.2, -0.15) is 12.6 Å². The smallest absolute Gasteiger partial charge is 0.0689 e. The van der Waals surface area contributed by atoms with E-state index >= 15 is 0 Å². The average Bonchev–Trinajstić information content (AvgIpc) is 3.25. The van der Waals surface area contributed by atoms with Gasteiger partial charge in [0.15, 0.2) is 0 Å². The van der Waals surface area contributed by atoms with Gasteiger partial charge in [0.05, 0.1) is 12.1 Å². The Bertz CT molecular complexity index is 804. The summed E-state index contributed by atoms with van der Waals surface area (Å²) in [6, 6.07) is 9.16. The number of fused-ring (bicyclic) bond motifs is 1. The predicted octanol–water partition coefficient (Wildman–Crippen LogP) is 5.18. The number of likely N-dealkylation sites (N-methyl/N-ethyl adjacent to an activating group) is 1. The van der Waals surface area contributed by atoms with Crippen molar-refractivity contribution >= 4 is 12.6 Å². The molecule has 2 fully saturated rings. The molecule has 1 saturated heterocycles. The molecule has 4 N–H and O–H groups in total. The van der Waals surface area contributed by atoms with E-state index < -0.39 is 0 Å². The summed E-state index contributed by atoms with van der Waals surface area (Å²) in [7, 11) is 1.94. The molecule has 0 spiro atoms. The molecule has 0 aromatic heterocycles.